The third-order valence-electron chi connectivity index (χ3n) is 5.87. The Morgan fingerprint density at radius 3 is 2.80 bits per heavy atom. The van der Waals surface area contributed by atoms with Crippen LogP contribution in [0.2, 0.25) is 0 Å². The van der Waals surface area contributed by atoms with Gasteiger partial charge in [0.2, 0.25) is 11.8 Å². The monoisotopic (exact) mass is 409 g/mol. The molecule has 3 amide bonds. The van der Waals surface area contributed by atoms with Crippen LogP contribution >= 0.6 is 0 Å². The van der Waals surface area contributed by atoms with Gasteiger partial charge in [-0.1, -0.05) is 12.1 Å². The van der Waals surface area contributed by atoms with E-state index in [2.05, 4.69) is 21.4 Å². The van der Waals surface area contributed by atoms with Crippen LogP contribution in [0.1, 0.15) is 58.7 Å². The number of imidazole rings is 1. The number of H-pyrrole nitrogens is 1. The zero-order chi connectivity index (χ0) is 21.1. The molecule has 0 radical (unpaired) electrons. The molecule has 2 aliphatic rings. The molecule has 0 saturated carbocycles. The average Bonchev–Trinajstić information content (AvgIpc) is 3.32. The molecule has 1 aromatic carbocycles. The second-order valence-corrected chi connectivity index (χ2v) is 7.94. The van der Waals surface area contributed by atoms with Crippen molar-refractivity contribution < 1.29 is 14.4 Å². The number of fused-ring (bicyclic) bond motifs is 1. The molecular formula is C22H27N5O3. The van der Waals surface area contributed by atoms with E-state index in [1.165, 1.54) is 0 Å². The van der Waals surface area contributed by atoms with E-state index in [1.807, 2.05) is 18.3 Å². The summed E-state index contributed by atoms with van der Waals surface area (Å²) in [6.07, 6.45) is 6.94. The fourth-order valence-corrected chi connectivity index (χ4v) is 4.28. The molecule has 2 aromatic rings. The first-order valence-electron chi connectivity index (χ1n) is 10.5. The SMILES string of the molecule is NCCCc1cnc(CCCc2cccc3c2CN(C2CCC(=O)NC2=O)C3=O)[nH]1. The van der Waals surface area contributed by atoms with Gasteiger partial charge in [-0.15, -0.1) is 0 Å². The Kier molecular flexibility index (Phi) is 5.94. The van der Waals surface area contributed by atoms with Crippen molar-refractivity contribution in [2.75, 3.05) is 6.54 Å². The first-order valence-corrected chi connectivity index (χ1v) is 10.5. The third-order valence-corrected chi connectivity index (χ3v) is 5.87. The zero-order valence-electron chi connectivity index (χ0n) is 16.9. The maximum Gasteiger partial charge on any atom is 0.255 e. The zero-order valence-corrected chi connectivity index (χ0v) is 16.9. The van der Waals surface area contributed by atoms with Crippen LogP contribution in [-0.4, -0.2) is 45.2 Å². The van der Waals surface area contributed by atoms with E-state index in [4.69, 9.17) is 5.73 Å². The van der Waals surface area contributed by atoms with Crippen LogP contribution in [0.3, 0.4) is 0 Å². The van der Waals surface area contributed by atoms with Gasteiger partial charge in [0.1, 0.15) is 11.9 Å². The molecule has 30 heavy (non-hydrogen) atoms. The number of piperidine rings is 1. The Bertz CT molecular complexity index is 967. The summed E-state index contributed by atoms with van der Waals surface area (Å²) in [6.45, 7) is 1.09. The fraction of sp³-hybridized carbons (Fsp3) is 0.455. The van der Waals surface area contributed by atoms with Gasteiger partial charge in [-0.2, -0.15) is 0 Å². The van der Waals surface area contributed by atoms with Gasteiger partial charge in [0.05, 0.1) is 0 Å². The summed E-state index contributed by atoms with van der Waals surface area (Å²) in [5, 5.41) is 2.35. The fourth-order valence-electron chi connectivity index (χ4n) is 4.28. The van der Waals surface area contributed by atoms with Crippen LogP contribution in [0.5, 0.6) is 0 Å². The molecule has 1 atom stereocenters. The summed E-state index contributed by atoms with van der Waals surface area (Å²) >= 11 is 0. The van der Waals surface area contributed by atoms with E-state index < -0.39 is 6.04 Å². The standard InChI is InChI=1S/C22H27N5O3/c23-11-3-6-15-12-24-19(25-15)8-2-5-14-4-1-7-16-17(14)13-27(22(16)30)18-9-10-20(28)26-21(18)29/h1,4,7,12,18H,2-3,5-6,8-11,13,23H2,(H,24,25)(H,26,28,29). The minimum Gasteiger partial charge on any atom is -0.346 e. The number of carbonyl (C=O) groups excluding carboxylic acids is 3. The largest absolute Gasteiger partial charge is 0.346 e. The highest BCUT2D eigenvalue weighted by atomic mass is 16.2. The van der Waals surface area contributed by atoms with E-state index in [9.17, 15) is 14.4 Å². The van der Waals surface area contributed by atoms with Crippen molar-refractivity contribution in [3.05, 3.63) is 52.6 Å². The topological polar surface area (TPSA) is 121 Å². The van der Waals surface area contributed by atoms with E-state index in [-0.39, 0.29) is 24.1 Å². The van der Waals surface area contributed by atoms with Gasteiger partial charge in [-0.05, 0) is 55.8 Å². The number of hydrogen-bond donors (Lipinski definition) is 3. The number of carbonyl (C=O) groups is 3. The van der Waals surface area contributed by atoms with Gasteiger partial charge in [-0.3, -0.25) is 19.7 Å². The predicted octanol–water partition coefficient (Wildman–Crippen LogP) is 1.24. The number of nitrogens with zero attached hydrogens (tertiary/aromatic N) is 2. The molecule has 1 unspecified atom stereocenters. The summed E-state index contributed by atoms with van der Waals surface area (Å²) in [6, 6.07) is 5.20. The van der Waals surface area contributed by atoms with Crippen molar-refractivity contribution in [2.24, 2.45) is 5.73 Å². The quantitative estimate of drug-likeness (QED) is 0.567. The van der Waals surface area contributed by atoms with Crippen LogP contribution in [0.4, 0.5) is 0 Å². The summed E-state index contributed by atoms with van der Waals surface area (Å²) in [5.74, 6) is 0.190. The Labute approximate surface area is 175 Å². The number of aromatic nitrogens is 2. The van der Waals surface area contributed by atoms with Gasteiger partial charge in [-0.25, -0.2) is 4.98 Å². The van der Waals surface area contributed by atoms with Crippen LogP contribution < -0.4 is 11.1 Å². The van der Waals surface area contributed by atoms with Crippen molar-refractivity contribution in [1.29, 1.82) is 0 Å². The van der Waals surface area contributed by atoms with E-state index >= 15 is 0 Å². The highest BCUT2D eigenvalue weighted by molar-refractivity contribution is 6.05. The molecule has 0 aliphatic carbocycles. The van der Waals surface area contributed by atoms with Crippen molar-refractivity contribution in [3.63, 3.8) is 0 Å². The summed E-state index contributed by atoms with van der Waals surface area (Å²) < 4.78 is 0. The molecule has 8 heteroatoms. The highest BCUT2D eigenvalue weighted by Gasteiger charge is 2.39. The molecule has 1 fully saturated rings. The van der Waals surface area contributed by atoms with Gasteiger partial charge < -0.3 is 15.6 Å². The normalized spacial score (nSPS) is 18.6. The lowest BCUT2D eigenvalue weighted by Crippen LogP contribution is -2.52. The van der Waals surface area contributed by atoms with Crippen LogP contribution in [0.25, 0.3) is 0 Å². The lowest BCUT2D eigenvalue weighted by atomic mass is 9.99. The van der Waals surface area contributed by atoms with Gasteiger partial charge in [0, 0.05) is 36.8 Å². The highest BCUT2D eigenvalue weighted by Crippen LogP contribution is 2.30. The molecule has 4 N–H and O–H groups in total. The maximum atomic E-state index is 12.9. The van der Waals surface area contributed by atoms with Crippen molar-refractivity contribution in [3.8, 4) is 0 Å². The lowest BCUT2D eigenvalue weighted by Gasteiger charge is -2.29. The summed E-state index contributed by atoms with van der Waals surface area (Å²) in [5.41, 5.74) is 9.46. The summed E-state index contributed by atoms with van der Waals surface area (Å²) in [4.78, 5) is 45.9. The summed E-state index contributed by atoms with van der Waals surface area (Å²) in [7, 11) is 0. The van der Waals surface area contributed by atoms with E-state index in [1.54, 1.807) is 4.90 Å². The number of aromatic amines is 1. The molecule has 158 valence electrons. The number of imide groups is 1. The lowest BCUT2D eigenvalue weighted by molar-refractivity contribution is -0.136. The molecule has 1 aromatic heterocycles. The second-order valence-electron chi connectivity index (χ2n) is 7.94. The second kappa shape index (κ2) is 8.79. The number of aryl methyl sites for hydroxylation is 3. The molecule has 8 nitrogen and oxygen atoms in total. The number of nitrogens with two attached hydrogens (primary N) is 1. The molecule has 0 spiro atoms. The Morgan fingerprint density at radius 1 is 1.13 bits per heavy atom. The maximum absolute atomic E-state index is 12.9. The smallest absolute Gasteiger partial charge is 0.255 e. The van der Waals surface area contributed by atoms with E-state index in [0.29, 0.717) is 25.1 Å². The number of amides is 3. The van der Waals surface area contributed by atoms with Crippen molar-refractivity contribution >= 4 is 17.7 Å². The Balaban J connectivity index is 1.39. The van der Waals surface area contributed by atoms with Gasteiger partial charge in [0.25, 0.3) is 5.91 Å². The van der Waals surface area contributed by atoms with Crippen LogP contribution in [0.15, 0.2) is 24.4 Å². The molecule has 2 aliphatic heterocycles. The molecule has 4 rings (SSSR count). The Morgan fingerprint density at radius 2 is 2.00 bits per heavy atom. The third kappa shape index (κ3) is 4.14. The minimum atomic E-state index is -0.578. The number of nitrogens with one attached hydrogen (secondary N) is 2. The van der Waals surface area contributed by atoms with Crippen molar-refractivity contribution in [1.82, 2.24) is 20.2 Å². The first kappa shape index (κ1) is 20.3. The molecule has 3 heterocycles. The number of rotatable bonds is 8. The van der Waals surface area contributed by atoms with Gasteiger partial charge in [0.15, 0.2) is 0 Å². The first-order chi connectivity index (χ1) is 14.6. The molecule has 1 saturated heterocycles. The average molecular weight is 409 g/mol. The number of hydrogen-bond acceptors (Lipinski definition) is 5. The Hall–Kier alpha value is -3.00. The van der Waals surface area contributed by atoms with Crippen LogP contribution in [-0.2, 0) is 35.4 Å². The van der Waals surface area contributed by atoms with Crippen LogP contribution in [0, 0.1) is 0 Å². The predicted molar refractivity (Wildman–Crippen MR) is 110 cm³/mol. The van der Waals surface area contributed by atoms with Gasteiger partial charge >= 0.3 is 0 Å². The minimum absolute atomic E-state index is 0.128. The molecule has 0 bridgehead atoms. The molecular weight excluding hydrogens is 382 g/mol. The van der Waals surface area contributed by atoms with Crippen molar-refractivity contribution in [2.45, 2.75) is 57.5 Å². The number of benzene rings is 1. The van der Waals surface area contributed by atoms with E-state index in [0.717, 1.165) is 54.7 Å².